The molecule has 0 aliphatic carbocycles. The Morgan fingerprint density at radius 1 is 1.14 bits per heavy atom. The van der Waals surface area contributed by atoms with Gasteiger partial charge >= 0.3 is 5.97 Å². The van der Waals surface area contributed by atoms with E-state index in [4.69, 9.17) is 4.74 Å². The van der Waals surface area contributed by atoms with Crippen molar-refractivity contribution in [2.45, 2.75) is 83.0 Å². The summed E-state index contributed by atoms with van der Waals surface area (Å²) in [6, 6.07) is 9.73. The zero-order valence-corrected chi connectivity index (χ0v) is 23.9. The quantitative estimate of drug-likeness (QED) is 0.325. The summed E-state index contributed by atoms with van der Waals surface area (Å²) in [6.07, 6.45) is 3.99. The maximum atomic E-state index is 12.5. The summed E-state index contributed by atoms with van der Waals surface area (Å²) in [5.74, 6) is 0.418. The lowest BCUT2D eigenvalue weighted by atomic mass is 9.90. The second-order valence-electron chi connectivity index (χ2n) is 10.1. The Balaban J connectivity index is 2.07. The van der Waals surface area contributed by atoms with Crippen molar-refractivity contribution in [2.75, 3.05) is 20.3 Å². The van der Waals surface area contributed by atoms with Crippen LogP contribution in [-0.2, 0) is 32.4 Å². The fourth-order valence-electron chi connectivity index (χ4n) is 3.70. The number of nitrogens with one attached hydrogen (secondary N) is 1. The number of hydrogen-bond donors (Lipinski definition) is 2. The summed E-state index contributed by atoms with van der Waals surface area (Å²) in [4.78, 5) is 12.3. The molecule has 0 saturated carbocycles. The van der Waals surface area contributed by atoms with E-state index in [0.29, 0.717) is 0 Å². The van der Waals surface area contributed by atoms with Crippen LogP contribution in [0.5, 0.6) is 5.75 Å². The Hall–Kier alpha value is -1.94. The van der Waals surface area contributed by atoms with Crippen molar-refractivity contribution >= 4 is 27.3 Å². The van der Waals surface area contributed by atoms with Crippen LogP contribution >= 0.6 is 11.3 Å². The van der Waals surface area contributed by atoms with Gasteiger partial charge in [0, 0.05) is 4.88 Å². The molecule has 7 nitrogen and oxygen atoms in total. The first kappa shape index (κ1) is 30.3. The first-order valence-electron chi connectivity index (χ1n) is 12.5. The maximum absolute atomic E-state index is 12.5. The highest BCUT2D eigenvalue weighted by Crippen LogP contribution is 2.33. The number of benzene rings is 1. The summed E-state index contributed by atoms with van der Waals surface area (Å²) in [5.41, 5.74) is 2.12. The third-order valence-electron chi connectivity index (χ3n) is 6.22. The SMILES string of the molecule is CCCc1cc(CCC(CC)c2ccc(S(=O)(=O)NCC(=O)OC)s2)ccc1OCC(O)C(C)(C)C. The second kappa shape index (κ2) is 13.6. The summed E-state index contributed by atoms with van der Waals surface area (Å²) >= 11 is 1.25. The van der Waals surface area contributed by atoms with Gasteiger partial charge in [-0.3, -0.25) is 4.79 Å². The highest BCUT2D eigenvalue weighted by Gasteiger charge is 2.23. The molecule has 9 heteroatoms. The van der Waals surface area contributed by atoms with Crippen molar-refractivity contribution < 1.29 is 27.8 Å². The fourth-order valence-corrected chi connectivity index (χ4v) is 6.25. The van der Waals surface area contributed by atoms with Crippen molar-refractivity contribution in [1.29, 1.82) is 0 Å². The molecule has 0 fully saturated rings. The molecule has 202 valence electrons. The van der Waals surface area contributed by atoms with E-state index >= 15 is 0 Å². The van der Waals surface area contributed by atoms with Gasteiger partial charge in [0.1, 0.15) is 23.1 Å². The first-order chi connectivity index (χ1) is 16.9. The molecule has 0 bridgehead atoms. The molecule has 36 heavy (non-hydrogen) atoms. The third kappa shape index (κ3) is 8.87. The highest BCUT2D eigenvalue weighted by molar-refractivity contribution is 7.91. The molecular weight excluding hydrogens is 498 g/mol. The second-order valence-corrected chi connectivity index (χ2v) is 13.2. The molecular formula is C27H41NO6S2. The predicted octanol–water partition coefficient (Wildman–Crippen LogP) is 5.06. The van der Waals surface area contributed by atoms with Gasteiger partial charge in [-0.2, -0.15) is 4.72 Å². The number of rotatable bonds is 14. The van der Waals surface area contributed by atoms with Gasteiger partial charge < -0.3 is 14.6 Å². The number of carbonyl (C=O) groups is 1. The number of aliphatic hydroxyl groups excluding tert-OH is 1. The average molecular weight is 540 g/mol. The molecule has 0 amide bonds. The molecule has 0 saturated heterocycles. The van der Waals surface area contributed by atoms with Gasteiger partial charge in [-0.05, 0) is 66.3 Å². The lowest BCUT2D eigenvalue weighted by Gasteiger charge is -2.26. The van der Waals surface area contributed by atoms with Gasteiger partial charge in [0.15, 0.2) is 0 Å². The molecule has 1 heterocycles. The van der Waals surface area contributed by atoms with E-state index in [1.54, 1.807) is 6.07 Å². The molecule has 2 N–H and O–H groups in total. The van der Waals surface area contributed by atoms with Crippen molar-refractivity contribution in [2.24, 2.45) is 5.41 Å². The van der Waals surface area contributed by atoms with Crippen molar-refractivity contribution in [1.82, 2.24) is 4.72 Å². The molecule has 2 atom stereocenters. The van der Waals surface area contributed by atoms with Gasteiger partial charge in [-0.25, -0.2) is 8.42 Å². The molecule has 2 aromatic rings. The zero-order valence-electron chi connectivity index (χ0n) is 22.3. The Kier molecular flexibility index (Phi) is 11.4. The predicted molar refractivity (Wildman–Crippen MR) is 144 cm³/mol. The Labute approximate surface area is 220 Å². The average Bonchev–Trinajstić information content (AvgIpc) is 3.33. The number of methoxy groups -OCH3 is 1. The van der Waals surface area contributed by atoms with Crippen LogP contribution < -0.4 is 9.46 Å². The summed E-state index contributed by atoms with van der Waals surface area (Å²) < 4.78 is 38.0. The molecule has 1 aromatic heterocycles. The van der Waals surface area contributed by atoms with Crippen LogP contribution in [0.15, 0.2) is 34.5 Å². The summed E-state index contributed by atoms with van der Waals surface area (Å²) in [5, 5.41) is 10.3. The number of carbonyl (C=O) groups excluding carboxylic acids is 1. The topological polar surface area (TPSA) is 102 Å². The van der Waals surface area contributed by atoms with Crippen LogP contribution in [0.1, 0.15) is 75.8 Å². The van der Waals surface area contributed by atoms with E-state index in [-0.39, 0.29) is 22.1 Å². The normalized spacial score (nSPS) is 13.9. The third-order valence-corrected chi connectivity index (χ3v) is 9.36. The Morgan fingerprint density at radius 2 is 1.86 bits per heavy atom. The van der Waals surface area contributed by atoms with E-state index < -0.39 is 28.6 Å². The Bertz CT molecular complexity index is 1090. The van der Waals surface area contributed by atoms with E-state index in [1.807, 2.05) is 32.9 Å². The zero-order chi connectivity index (χ0) is 26.9. The van der Waals surface area contributed by atoms with Crippen molar-refractivity contribution in [3.05, 3.63) is 46.3 Å². The van der Waals surface area contributed by atoms with E-state index in [9.17, 15) is 18.3 Å². The summed E-state index contributed by atoms with van der Waals surface area (Å²) in [6.45, 7) is 10.1. The number of ether oxygens (including phenoxy) is 2. The molecule has 0 aliphatic rings. The number of thiophene rings is 1. The lowest BCUT2D eigenvalue weighted by Crippen LogP contribution is -2.32. The monoisotopic (exact) mass is 539 g/mol. The molecule has 2 rings (SSSR count). The van der Waals surface area contributed by atoms with Crippen LogP contribution in [0.25, 0.3) is 0 Å². The van der Waals surface area contributed by atoms with Crippen LogP contribution in [0.4, 0.5) is 0 Å². The highest BCUT2D eigenvalue weighted by atomic mass is 32.2. The van der Waals surface area contributed by atoms with Gasteiger partial charge in [-0.15, -0.1) is 11.3 Å². The van der Waals surface area contributed by atoms with Crippen LogP contribution in [0, 0.1) is 5.41 Å². The largest absolute Gasteiger partial charge is 0.491 e. The fraction of sp³-hybridized carbons (Fsp3) is 0.593. The van der Waals surface area contributed by atoms with E-state index in [0.717, 1.165) is 48.3 Å². The minimum absolute atomic E-state index is 0.198. The molecule has 0 radical (unpaired) electrons. The minimum atomic E-state index is -3.76. The molecule has 1 aromatic carbocycles. The van der Waals surface area contributed by atoms with Crippen molar-refractivity contribution in [3.8, 4) is 5.75 Å². The van der Waals surface area contributed by atoms with Crippen LogP contribution in [0.2, 0.25) is 0 Å². The summed E-state index contributed by atoms with van der Waals surface area (Å²) in [7, 11) is -2.54. The molecule has 2 unspecified atom stereocenters. The number of aryl methyl sites for hydroxylation is 2. The van der Waals surface area contributed by atoms with E-state index in [2.05, 4.69) is 35.4 Å². The van der Waals surface area contributed by atoms with Crippen LogP contribution in [-0.4, -0.2) is 45.9 Å². The van der Waals surface area contributed by atoms with Crippen LogP contribution in [0.3, 0.4) is 0 Å². The smallest absolute Gasteiger partial charge is 0.320 e. The first-order valence-corrected chi connectivity index (χ1v) is 14.8. The Morgan fingerprint density at radius 3 is 2.47 bits per heavy atom. The lowest BCUT2D eigenvalue weighted by molar-refractivity contribution is -0.139. The maximum Gasteiger partial charge on any atom is 0.320 e. The number of sulfonamides is 1. The number of aliphatic hydroxyl groups is 1. The number of esters is 1. The molecule has 0 aliphatic heterocycles. The standard InChI is InChI=1S/C27H41NO6S2/c1-7-9-21-16-19(11-13-22(21)34-18-24(29)27(3,4)5)10-12-20(8-2)23-14-15-26(35-23)36(31,32)28-17-25(30)33-6/h11,13-16,20,24,28-29H,7-10,12,17-18H2,1-6H3. The van der Waals surface area contributed by atoms with Gasteiger partial charge in [0.05, 0.1) is 13.2 Å². The van der Waals surface area contributed by atoms with Gasteiger partial charge in [0.25, 0.3) is 10.0 Å². The number of hydrogen-bond acceptors (Lipinski definition) is 7. The molecule has 0 spiro atoms. The minimum Gasteiger partial charge on any atom is -0.491 e. The van der Waals surface area contributed by atoms with Gasteiger partial charge in [-0.1, -0.05) is 53.2 Å². The van der Waals surface area contributed by atoms with Gasteiger partial charge in [0.2, 0.25) is 0 Å². The van der Waals surface area contributed by atoms with Crippen molar-refractivity contribution in [3.63, 3.8) is 0 Å². The van der Waals surface area contributed by atoms with E-state index in [1.165, 1.54) is 24.0 Å².